The van der Waals surface area contributed by atoms with Gasteiger partial charge >= 0.3 is 0 Å². The summed E-state index contributed by atoms with van der Waals surface area (Å²) in [6, 6.07) is 27.0. The monoisotopic (exact) mass is 504 g/mol. The molecule has 1 heterocycles. The van der Waals surface area contributed by atoms with E-state index in [2.05, 4.69) is 69.5 Å². The van der Waals surface area contributed by atoms with Gasteiger partial charge in [0, 0.05) is 56.3 Å². The van der Waals surface area contributed by atoms with Gasteiger partial charge in [0.25, 0.3) is 0 Å². The fourth-order valence-corrected chi connectivity index (χ4v) is 4.57. The molecule has 0 radical (unpaired) electrons. The Morgan fingerprint density at radius 2 is 1.67 bits per heavy atom. The third-order valence-corrected chi connectivity index (χ3v) is 6.52. The van der Waals surface area contributed by atoms with Gasteiger partial charge in [0.1, 0.15) is 12.4 Å². The highest BCUT2D eigenvalue weighted by Crippen LogP contribution is 2.30. The van der Waals surface area contributed by atoms with Crippen molar-refractivity contribution < 1.29 is 9.94 Å². The summed E-state index contributed by atoms with van der Waals surface area (Å²) in [7, 11) is 0. The number of piperazine rings is 1. The van der Waals surface area contributed by atoms with E-state index in [0.29, 0.717) is 19.6 Å². The molecule has 3 aromatic carbocycles. The van der Waals surface area contributed by atoms with Gasteiger partial charge in [-0.05, 0) is 41.5 Å². The van der Waals surface area contributed by atoms with E-state index in [-0.39, 0.29) is 6.04 Å². The van der Waals surface area contributed by atoms with E-state index in [0.717, 1.165) is 49.1 Å². The van der Waals surface area contributed by atoms with Crippen molar-refractivity contribution in [3.05, 3.63) is 101 Å². The number of rotatable bonds is 10. The molecule has 0 amide bonds. The molecule has 7 heteroatoms. The molecule has 0 bridgehead atoms. The van der Waals surface area contributed by atoms with E-state index in [1.165, 1.54) is 11.1 Å². The number of nitrogens with zero attached hydrogens (tertiary/aromatic N) is 2. The summed E-state index contributed by atoms with van der Waals surface area (Å²) < 4.78 is 6.03. The molecule has 1 aliphatic rings. The Morgan fingerprint density at radius 3 is 2.42 bits per heavy atom. The summed E-state index contributed by atoms with van der Waals surface area (Å²) in [6.07, 6.45) is 0.633. The topological polar surface area (TPSA) is 60.0 Å². The summed E-state index contributed by atoms with van der Waals surface area (Å²) in [4.78, 5) is 5.02. The van der Waals surface area contributed by atoms with Crippen LogP contribution >= 0.6 is 11.6 Å². The fourth-order valence-electron chi connectivity index (χ4n) is 4.44. The van der Waals surface area contributed by atoms with Gasteiger partial charge in [0.05, 0.1) is 6.04 Å². The number of benzene rings is 3. The van der Waals surface area contributed by atoms with Gasteiger partial charge in [0.15, 0.2) is 0 Å². The average Bonchev–Trinajstić information content (AvgIpc) is 2.92. The van der Waals surface area contributed by atoms with E-state index in [1.54, 1.807) is 0 Å². The third-order valence-electron chi connectivity index (χ3n) is 6.27. The molecule has 0 saturated carbocycles. The molecule has 0 aliphatic carbocycles. The van der Waals surface area contributed by atoms with Crippen LogP contribution in [0.25, 0.3) is 0 Å². The Hall–Kier alpha value is -2.89. The minimum absolute atomic E-state index is 0.224. The Morgan fingerprint density at radius 1 is 0.917 bits per heavy atom. The highest BCUT2D eigenvalue weighted by atomic mass is 35.5. The van der Waals surface area contributed by atoms with Crippen molar-refractivity contribution in [3.8, 4) is 17.6 Å². The molecule has 188 valence electrons. The van der Waals surface area contributed by atoms with E-state index < -0.39 is 0 Å². The molecule has 1 aliphatic heterocycles. The molecule has 0 aromatic heterocycles. The van der Waals surface area contributed by atoms with E-state index in [4.69, 9.17) is 21.5 Å². The van der Waals surface area contributed by atoms with Crippen molar-refractivity contribution >= 4 is 11.6 Å². The highest BCUT2D eigenvalue weighted by Gasteiger charge is 2.26. The van der Waals surface area contributed by atoms with Crippen molar-refractivity contribution in [1.82, 2.24) is 20.8 Å². The minimum atomic E-state index is 0.224. The summed E-state index contributed by atoms with van der Waals surface area (Å²) >= 11 is 6.16. The summed E-state index contributed by atoms with van der Waals surface area (Å²) in [5, 5.41) is 9.26. The fraction of sp³-hybridized carbons (Fsp3) is 0.310. The zero-order valence-electron chi connectivity index (χ0n) is 20.4. The minimum Gasteiger partial charge on any atom is -0.492 e. The molecule has 6 nitrogen and oxygen atoms in total. The normalized spacial score (nSPS) is 15.2. The van der Waals surface area contributed by atoms with Gasteiger partial charge in [0.2, 0.25) is 0 Å². The summed E-state index contributed by atoms with van der Waals surface area (Å²) in [5.41, 5.74) is 8.00. The molecule has 0 spiro atoms. The molecule has 36 heavy (non-hydrogen) atoms. The Kier molecular flexibility index (Phi) is 10.2. The predicted octanol–water partition coefficient (Wildman–Crippen LogP) is 4.35. The number of nitrogens with one attached hydrogen (secondary N) is 2. The van der Waals surface area contributed by atoms with Crippen LogP contribution in [-0.2, 0) is 0 Å². The van der Waals surface area contributed by atoms with Crippen LogP contribution < -0.4 is 15.8 Å². The van der Waals surface area contributed by atoms with Crippen LogP contribution in [0, 0.1) is 11.8 Å². The SMILES string of the molecule is ONNCCC#Cc1cccc(OCCN2CCN([C@H](c3ccccc3)c3ccc(Cl)cc3)CC2)c1. The first-order chi connectivity index (χ1) is 17.7. The van der Waals surface area contributed by atoms with Gasteiger partial charge < -0.3 is 9.94 Å². The number of hydrazine groups is 1. The Balaban J connectivity index is 1.27. The van der Waals surface area contributed by atoms with Gasteiger partial charge in [-0.15, -0.1) is 5.59 Å². The zero-order valence-corrected chi connectivity index (χ0v) is 21.1. The summed E-state index contributed by atoms with van der Waals surface area (Å²) in [5.74, 6) is 7.03. The Labute approximate surface area is 218 Å². The van der Waals surface area contributed by atoms with Crippen molar-refractivity contribution in [2.45, 2.75) is 12.5 Å². The van der Waals surface area contributed by atoms with Gasteiger partial charge in [-0.1, -0.05) is 72.0 Å². The second kappa shape index (κ2) is 14.0. The lowest BCUT2D eigenvalue weighted by atomic mass is 9.96. The molecule has 1 atom stereocenters. The van der Waals surface area contributed by atoms with Crippen LogP contribution in [0.5, 0.6) is 5.75 Å². The number of ether oxygens (including phenoxy) is 1. The van der Waals surface area contributed by atoms with E-state index in [9.17, 15) is 0 Å². The average molecular weight is 505 g/mol. The first-order valence-electron chi connectivity index (χ1n) is 12.3. The van der Waals surface area contributed by atoms with Gasteiger partial charge in [-0.2, -0.15) is 0 Å². The lowest BCUT2D eigenvalue weighted by molar-refractivity contribution is 0.0977. The molecule has 0 unspecified atom stereocenters. The van der Waals surface area contributed by atoms with Crippen LogP contribution in [0.1, 0.15) is 29.2 Å². The quantitative estimate of drug-likeness (QED) is 0.217. The number of hydrogen-bond donors (Lipinski definition) is 3. The largest absolute Gasteiger partial charge is 0.492 e. The van der Waals surface area contributed by atoms with Crippen molar-refractivity contribution in [1.29, 1.82) is 0 Å². The maximum Gasteiger partial charge on any atom is 0.120 e. The van der Waals surface area contributed by atoms with Gasteiger partial charge in [-0.25, -0.2) is 5.43 Å². The first-order valence-corrected chi connectivity index (χ1v) is 12.7. The second-order valence-corrected chi connectivity index (χ2v) is 9.15. The lowest BCUT2D eigenvalue weighted by Crippen LogP contribution is -2.48. The Bertz CT molecular complexity index is 1120. The van der Waals surface area contributed by atoms with Crippen LogP contribution in [-0.4, -0.2) is 60.9 Å². The van der Waals surface area contributed by atoms with Crippen LogP contribution in [0.2, 0.25) is 5.02 Å². The standard InChI is InChI=1S/C29H33ClN4O2/c30-27-14-12-26(13-15-27)29(25-9-2-1-3-10-25)34-19-17-33(18-20-34)21-22-36-28-11-6-8-24(23-28)7-4-5-16-31-32-35/h1-3,6,8-15,23,29,31-32,35H,5,16-22H2/t29-/m1/s1. The van der Waals surface area contributed by atoms with E-state index in [1.807, 2.05) is 42.0 Å². The highest BCUT2D eigenvalue weighted by molar-refractivity contribution is 6.30. The maximum atomic E-state index is 8.50. The molecule has 1 fully saturated rings. The van der Waals surface area contributed by atoms with Crippen LogP contribution in [0.3, 0.4) is 0 Å². The third kappa shape index (κ3) is 7.81. The van der Waals surface area contributed by atoms with Gasteiger partial charge in [-0.3, -0.25) is 9.80 Å². The van der Waals surface area contributed by atoms with Crippen LogP contribution in [0.15, 0.2) is 78.9 Å². The molecule has 4 rings (SSSR count). The lowest BCUT2D eigenvalue weighted by Gasteiger charge is -2.39. The van der Waals surface area contributed by atoms with Crippen molar-refractivity contribution in [2.75, 3.05) is 45.9 Å². The molecule has 3 aromatic rings. The summed E-state index contributed by atoms with van der Waals surface area (Å²) in [6.45, 7) is 6.09. The predicted molar refractivity (Wildman–Crippen MR) is 144 cm³/mol. The smallest absolute Gasteiger partial charge is 0.120 e. The maximum absolute atomic E-state index is 8.50. The number of halogens is 1. The first kappa shape index (κ1) is 26.2. The number of hydrogen-bond acceptors (Lipinski definition) is 6. The van der Waals surface area contributed by atoms with Crippen molar-refractivity contribution in [2.24, 2.45) is 0 Å². The molecule has 3 N–H and O–H groups in total. The zero-order chi connectivity index (χ0) is 25.0. The molecular formula is C29H33ClN4O2. The van der Waals surface area contributed by atoms with Crippen LogP contribution in [0.4, 0.5) is 0 Å². The van der Waals surface area contributed by atoms with Crippen molar-refractivity contribution in [3.63, 3.8) is 0 Å². The molecule has 1 saturated heterocycles. The van der Waals surface area contributed by atoms with E-state index >= 15 is 0 Å². The second-order valence-electron chi connectivity index (χ2n) is 8.71. The molecular weight excluding hydrogens is 472 g/mol.